The number of ketones is 1. The third-order valence-corrected chi connectivity index (χ3v) is 2.92. The van der Waals surface area contributed by atoms with Crippen molar-refractivity contribution in [2.24, 2.45) is 5.92 Å². The molecule has 0 aliphatic heterocycles. The van der Waals surface area contributed by atoms with Crippen LogP contribution in [-0.2, 0) is 4.79 Å². The molecule has 96 valence electrons. The predicted molar refractivity (Wildman–Crippen MR) is 68.5 cm³/mol. The molecule has 0 radical (unpaired) electrons. The summed E-state index contributed by atoms with van der Waals surface area (Å²) in [5.74, 6) is 0.574. The molecule has 0 spiro atoms. The zero-order valence-corrected chi connectivity index (χ0v) is 11.2. The average Bonchev–Trinajstić information content (AvgIpc) is 2.25. The summed E-state index contributed by atoms with van der Waals surface area (Å²) in [4.78, 5) is 11.5. The first-order chi connectivity index (χ1) is 7.57. The number of hydrogen-bond acceptors (Lipinski definition) is 2. The summed E-state index contributed by atoms with van der Waals surface area (Å²) >= 11 is 0. The van der Waals surface area contributed by atoms with Crippen LogP contribution in [0.4, 0.5) is 0 Å². The predicted octanol–water partition coefficient (Wildman–Crippen LogP) is 3.71. The normalized spacial score (nSPS) is 13.1. The van der Waals surface area contributed by atoms with Crippen molar-refractivity contribution < 1.29 is 9.90 Å². The molecule has 0 amide bonds. The Morgan fingerprint density at radius 1 is 1.06 bits per heavy atom. The molecule has 2 nitrogen and oxygen atoms in total. The van der Waals surface area contributed by atoms with Crippen molar-refractivity contribution in [3.63, 3.8) is 0 Å². The molecule has 0 saturated heterocycles. The molecule has 0 aliphatic rings. The Balaban J connectivity index is 3.47. The number of aliphatic hydroxyl groups excluding tert-OH is 1. The Morgan fingerprint density at radius 2 is 1.69 bits per heavy atom. The number of aliphatic hydroxyl groups is 1. The van der Waals surface area contributed by atoms with Crippen molar-refractivity contribution in [1.29, 1.82) is 0 Å². The van der Waals surface area contributed by atoms with Gasteiger partial charge in [-0.3, -0.25) is 4.79 Å². The fourth-order valence-electron chi connectivity index (χ4n) is 1.70. The molecule has 16 heavy (non-hydrogen) atoms. The van der Waals surface area contributed by atoms with E-state index in [2.05, 4.69) is 20.8 Å². The van der Waals surface area contributed by atoms with Gasteiger partial charge in [-0.25, -0.2) is 0 Å². The Labute approximate surface area is 100 Å². The van der Waals surface area contributed by atoms with Gasteiger partial charge in [0.15, 0.2) is 5.78 Å². The van der Waals surface area contributed by atoms with Crippen LogP contribution in [0.15, 0.2) is 0 Å². The molecule has 1 unspecified atom stereocenters. The molecule has 2 heteroatoms. The Hall–Kier alpha value is -0.370. The molecule has 0 aromatic rings. The molecule has 0 fully saturated rings. The smallest absolute Gasteiger partial charge is 0.161 e. The van der Waals surface area contributed by atoms with E-state index in [1.165, 1.54) is 19.3 Å². The molecule has 0 aromatic carbocycles. The Kier molecular flexibility index (Phi) is 9.60. The lowest BCUT2D eigenvalue weighted by atomic mass is 9.99. The summed E-state index contributed by atoms with van der Waals surface area (Å²) in [6.07, 6.45) is 7.22. The first-order valence-corrected chi connectivity index (χ1v) is 6.78. The number of carbonyl (C=O) groups excluding carboxylic acids is 1. The number of unbranched alkanes of at least 4 members (excludes halogenated alkanes) is 4. The lowest BCUT2D eigenvalue weighted by molar-refractivity contribution is -0.127. The van der Waals surface area contributed by atoms with Gasteiger partial charge >= 0.3 is 0 Å². The van der Waals surface area contributed by atoms with Crippen molar-refractivity contribution in [1.82, 2.24) is 0 Å². The lowest BCUT2D eigenvalue weighted by Crippen LogP contribution is -2.20. The van der Waals surface area contributed by atoms with Crippen LogP contribution >= 0.6 is 0 Å². The lowest BCUT2D eigenvalue weighted by Gasteiger charge is -2.10. The highest BCUT2D eigenvalue weighted by Gasteiger charge is 2.14. The van der Waals surface area contributed by atoms with Crippen LogP contribution in [-0.4, -0.2) is 17.0 Å². The van der Waals surface area contributed by atoms with Gasteiger partial charge in [-0.2, -0.15) is 0 Å². The van der Waals surface area contributed by atoms with Crippen molar-refractivity contribution in [2.75, 3.05) is 0 Å². The van der Waals surface area contributed by atoms with Crippen LogP contribution in [0.5, 0.6) is 0 Å². The van der Waals surface area contributed by atoms with Crippen molar-refractivity contribution in [2.45, 2.75) is 78.2 Å². The van der Waals surface area contributed by atoms with Crippen LogP contribution in [0, 0.1) is 5.92 Å². The minimum atomic E-state index is -0.708. The number of hydrogen-bond donors (Lipinski definition) is 1. The quantitative estimate of drug-likeness (QED) is 0.579. The summed E-state index contributed by atoms with van der Waals surface area (Å²) in [6, 6.07) is 0. The van der Waals surface area contributed by atoms with Gasteiger partial charge in [-0.05, 0) is 18.8 Å². The minimum absolute atomic E-state index is 0.0317. The monoisotopic (exact) mass is 228 g/mol. The van der Waals surface area contributed by atoms with Gasteiger partial charge in [0.1, 0.15) is 6.10 Å². The zero-order chi connectivity index (χ0) is 12.4. The molecule has 0 heterocycles. The van der Waals surface area contributed by atoms with Gasteiger partial charge < -0.3 is 5.11 Å². The molecule has 0 saturated carbocycles. The maximum absolute atomic E-state index is 11.5. The SMILES string of the molecule is CCCCCCCC(O)C(=O)CCC(C)C. The van der Waals surface area contributed by atoms with Gasteiger partial charge in [0, 0.05) is 6.42 Å². The maximum atomic E-state index is 11.5. The van der Waals surface area contributed by atoms with Crippen LogP contribution in [0.3, 0.4) is 0 Å². The summed E-state index contributed by atoms with van der Waals surface area (Å²) in [5, 5.41) is 9.64. The van der Waals surface area contributed by atoms with Crippen LogP contribution < -0.4 is 0 Å². The highest BCUT2D eigenvalue weighted by atomic mass is 16.3. The van der Waals surface area contributed by atoms with Gasteiger partial charge in [-0.15, -0.1) is 0 Å². The molecule has 0 aliphatic carbocycles. The van der Waals surface area contributed by atoms with Crippen LogP contribution in [0.2, 0.25) is 0 Å². The molecule has 0 rings (SSSR count). The summed E-state index contributed by atoms with van der Waals surface area (Å²) < 4.78 is 0. The van der Waals surface area contributed by atoms with E-state index in [4.69, 9.17) is 0 Å². The third kappa shape index (κ3) is 8.90. The summed E-state index contributed by atoms with van der Waals surface area (Å²) in [7, 11) is 0. The molecule has 0 aromatic heterocycles. The standard InChI is InChI=1S/C14H28O2/c1-4-5-6-7-8-9-13(15)14(16)11-10-12(2)3/h12-13,15H,4-11H2,1-3H3. The first-order valence-electron chi connectivity index (χ1n) is 6.78. The van der Waals surface area contributed by atoms with Crippen molar-refractivity contribution >= 4 is 5.78 Å². The fraction of sp³-hybridized carbons (Fsp3) is 0.929. The third-order valence-electron chi connectivity index (χ3n) is 2.92. The molecular weight excluding hydrogens is 200 g/mol. The van der Waals surface area contributed by atoms with E-state index < -0.39 is 6.10 Å². The van der Waals surface area contributed by atoms with E-state index in [1.807, 2.05) is 0 Å². The van der Waals surface area contributed by atoms with E-state index in [-0.39, 0.29) is 5.78 Å². The highest BCUT2D eigenvalue weighted by Crippen LogP contribution is 2.11. The van der Waals surface area contributed by atoms with Crippen molar-refractivity contribution in [3.8, 4) is 0 Å². The second kappa shape index (κ2) is 9.83. The fourth-order valence-corrected chi connectivity index (χ4v) is 1.70. The molecule has 1 atom stereocenters. The van der Waals surface area contributed by atoms with E-state index >= 15 is 0 Å². The maximum Gasteiger partial charge on any atom is 0.161 e. The summed E-state index contributed by atoms with van der Waals surface area (Å²) in [5.41, 5.74) is 0. The topological polar surface area (TPSA) is 37.3 Å². The second-order valence-electron chi connectivity index (χ2n) is 5.12. The number of rotatable bonds is 10. The minimum Gasteiger partial charge on any atom is -0.385 e. The molecular formula is C14H28O2. The average molecular weight is 228 g/mol. The van der Waals surface area contributed by atoms with Gasteiger partial charge in [-0.1, -0.05) is 52.9 Å². The Morgan fingerprint density at radius 3 is 2.25 bits per heavy atom. The van der Waals surface area contributed by atoms with Crippen molar-refractivity contribution in [3.05, 3.63) is 0 Å². The van der Waals surface area contributed by atoms with E-state index in [1.54, 1.807) is 0 Å². The van der Waals surface area contributed by atoms with Gasteiger partial charge in [0.2, 0.25) is 0 Å². The number of carbonyl (C=O) groups is 1. The van der Waals surface area contributed by atoms with Gasteiger partial charge in [0.05, 0.1) is 0 Å². The van der Waals surface area contributed by atoms with E-state index in [0.717, 1.165) is 19.3 Å². The highest BCUT2D eigenvalue weighted by molar-refractivity contribution is 5.82. The molecule has 0 bridgehead atoms. The van der Waals surface area contributed by atoms with Gasteiger partial charge in [0.25, 0.3) is 0 Å². The van der Waals surface area contributed by atoms with Crippen LogP contribution in [0.1, 0.15) is 72.1 Å². The largest absolute Gasteiger partial charge is 0.385 e. The van der Waals surface area contributed by atoms with E-state index in [9.17, 15) is 9.90 Å². The van der Waals surface area contributed by atoms with E-state index in [0.29, 0.717) is 18.8 Å². The number of Topliss-reactive ketones (excluding diaryl/α,β-unsaturated/α-hetero) is 1. The summed E-state index contributed by atoms with van der Waals surface area (Å²) in [6.45, 7) is 6.39. The second-order valence-corrected chi connectivity index (χ2v) is 5.12. The zero-order valence-electron chi connectivity index (χ0n) is 11.2. The molecule has 1 N–H and O–H groups in total. The van der Waals surface area contributed by atoms with Crippen LogP contribution in [0.25, 0.3) is 0 Å². The first kappa shape index (κ1) is 15.6. The Bertz CT molecular complexity index is 176.